The highest BCUT2D eigenvalue weighted by molar-refractivity contribution is 5.54. The van der Waals surface area contributed by atoms with Gasteiger partial charge in [0.25, 0.3) is 0 Å². The molecule has 156 valence electrons. The zero-order valence-corrected chi connectivity index (χ0v) is 18.0. The Morgan fingerprint density at radius 1 is 0.800 bits per heavy atom. The zero-order valence-electron chi connectivity index (χ0n) is 18.0. The third-order valence-electron chi connectivity index (χ3n) is 6.45. The Morgan fingerprint density at radius 2 is 1.50 bits per heavy atom. The first-order valence-electron chi connectivity index (χ1n) is 10.6. The summed E-state index contributed by atoms with van der Waals surface area (Å²) in [5.74, 6) is 1.70. The van der Waals surface area contributed by atoms with Crippen LogP contribution in [0.1, 0.15) is 55.9 Å². The van der Waals surface area contributed by atoms with Gasteiger partial charge < -0.3 is 14.9 Å². The molecular formula is C27H30O3. The average molecular weight is 403 g/mol. The van der Waals surface area contributed by atoms with Crippen LogP contribution in [0.25, 0.3) is 0 Å². The van der Waals surface area contributed by atoms with E-state index >= 15 is 0 Å². The maximum Gasteiger partial charge on any atom is 0.122 e. The second kappa shape index (κ2) is 7.71. The molecule has 2 aliphatic rings. The molecule has 3 aromatic rings. The molecule has 1 atom stereocenters. The van der Waals surface area contributed by atoms with E-state index in [9.17, 15) is 10.2 Å². The number of aromatic hydroxyl groups is 2. The van der Waals surface area contributed by atoms with Gasteiger partial charge in [-0.05, 0) is 77.3 Å². The van der Waals surface area contributed by atoms with Gasteiger partial charge in [0.05, 0.1) is 6.61 Å². The fraction of sp³-hybridized carbons (Fsp3) is 0.333. The second-order valence-electron chi connectivity index (χ2n) is 9.23. The maximum absolute atomic E-state index is 9.77. The van der Waals surface area contributed by atoms with E-state index in [-0.39, 0.29) is 10.8 Å². The minimum atomic E-state index is -0.0831. The third-order valence-corrected chi connectivity index (χ3v) is 6.45. The fourth-order valence-corrected chi connectivity index (χ4v) is 5.03. The largest absolute Gasteiger partial charge is 0.508 e. The van der Waals surface area contributed by atoms with Crippen LogP contribution in [0.3, 0.4) is 0 Å². The Labute approximate surface area is 179 Å². The molecule has 1 aliphatic heterocycles. The Hall–Kier alpha value is -2.94. The number of hydrogen-bond donors (Lipinski definition) is 2. The molecule has 0 bridgehead atoms. The molecule has 0 aromatic heterocycles. The predicted molar refractivity (Wildman–Crippen MR) is 121 cm³/mol. The normalized spacial score (nSPS) is 20.9. The number of phenols is 2. The first-order chi connectivity index (χ1) is 14.3. The van der Waals surface area contributed by atoms with E-state index in [2.05, 4.69) is 32.9 Å². The van der Waals surface area contributed by atoms with E-state index in [1.54, 1.807) is 18.2 Å². The van der Waals surface area contributed by atoms with Gasteiger partial charge in [-0.2, -0.15) is 0 Å². The summed E-state index contributed by atoms with van der Waals surface area (Å²) in [5, 5.41) is 19.3. The lowest BCUT2D eigenvalue weighted by molar-refractivity contribution is 0.288. The van der Waals surface area contributed by atoms with Crippen molar-refractivity contribution in [1.82, 2.24) is 0 Å². The van der Waals surface area contributed by atoms with Gasteiger partial charge >= 0.3 is 0 Å². The molecule has 0 saturated heterocycles. The first-order valence-corrected chi connectivity index (χ1v) is 10.6. The van der Waals surface area contributed by atoms with Crippen LogP contribution in [0.5, 0.6) is 17.2 Å². The Kier molecular flexibility index (Phi) is 5.23. The minimum Gasteiger partial charge on any atom is -0.508 e. The highest BCUT2D eigenvalue weighted by Crippen LogP contribution is 2.53. The number of phenolic OH excluding ortho intramolecular Hbond substituents is 2. The van der Waals surface area contributed by atoms with Gasteiger partial charge in [-0.1, -0.05) is 57.2 Å². The first kappa shape index (κ1) is 20.3. The van der Waals surface area contributed by atoms with Crippen molar-refractivity contribution in [3.8, 4) is 17.2 Å². The third kappa shape index (κ3) is 3.77. The lowest BCUT2D eigenvalue weighted by Gasteiger charge is -2.28. The lowest BCUT2D eigenvalue weighted by Crippen LogP contribution is -2.23. The number of hydrogen-bond acceptors (Lipinski definition) is 3. The van der Waals surface area contributed by atoms with Gasteiger partial charge in [-0.15, -0.1) is 0 Å². The van der Waals surface area contributed by atoms with Crippen LogP contribution in [-0.4, -0.2) is 16.8 Å². The van der Waals surface area contributed by atoms with Crippen molar-refractivity contribution < 1.29 is 14.9 Å². The number of benzene rings is 3. The molecule has 0 radical (unpaired) electrons. The average Bonchev–Trinajstić information content (AvgIpc) is 2.95. The van der Waals surface area contributed by atoms with E-state index < -0.39 is 0 Å². The number of para-hydroxylation sites is 1. The van der Waals surface area contributed by atoms with Gasteiger partial charge in [0.15, 0.2) is 0 Å². The molecule has 0 fully saturated rings. The summed E-state index contributed by atoms with van der Waals surface area (Å²) in [6.45, 7) is 7.56. The topological polar surface area (TPSA) is 49.7 Å². The van der Waals surface area contributed by atoms with Gasteiger partial charge in [-0.25, -0.2) is 0 Å². The number of aryl methyl sites for hydroxylation is 1. The molecule has 30 heavy (non-hydrogen) atoms. The maximum atomic E-state index is 9.77. The smallest absolute Gasteiger partial charge is 0.122 e. The fourth-order valence-electron chi connectivity index (χ4n) is 5.03. The van der Waals surface area contributed by atoms with Crippen molar-refractivity contribution in [3.63, 3.8) is 0 Å². The molecule has 1 heterocycles. The van der Waals surface area contributed by atoms with Crippen LogP contribution in [0.2, 0.25) is 0 Å². The molecule has 5 rings (SSSR count). The van der Waals surface area contributed by atoms with E-state index in [4.69, 9.17) is 4.74 Å². The van der Waals surface area contributed by atoms with Crippen molar-refractivity contribution in [2.24, 2.45) is 0 Å². The monoisotopic (exact) mass is 402 g/mol. The van der Waals surface area contributed by atoms with Gasteiger partial charge in [0.1, 0.15) is 17.2 Å². The number of rotatable bonds is 1. The van der Waals surface area contributed by atoms with Gasteiger partial charge in [-0.3, -0.25) is 0 Å². The van der Waals surface area contributed by atoms with Crippen molar-refractivity contribution in [1.29, 1.82) is 0 Å². The summed E-state index contributed by atoms with van der Waals surface area (Å²) in [7, 11) is 0. The molecule has 2 N–H and O–H groups in total. The van der Waals surface area contributed by atoms with E-state index in [1.807, 2.05) is 36.4 Å². The number of fused-ring (bicyclic) bond motifs is 2. The van der Waals surface area contributed by atoms with Crippen LogP contribution in [-0.2, 0) is 17.3 Å². The summed E-state index contributed by atoms with van der Waals surface area (Å²) in [4.78, 5) is 0. The minimum absolute atomic E-state index is 0.0285. The van der Waals surface area contributed by atoms with Crippen LogP contribution in [0, 0.1) is 0 Å². The SMILES string of the molecule is CC1(C)CC(C)(c2ccc(O)cc2)c2ccc(O)cc21.c1ccc2c(c1)CCCO2. The number of ether oxygens (including phenoxy) is 1. The van der Waals surface area contributed by atoms with Gasteiger partial charge in [0.2, 0.25) is 0 Å². The Bertz CT molecular complexity index is 1010. The van der Waals surface area contributed by atoms with Crippen LogP contribution in [0.4, 0.5) is 0 Å². The van der Waals surface area contributed by atoms with Crippen LogP contribution >= 0.6 is 0 Å². The standard InChI is InChI=1S/C18H20O2.C9H10O/c1-17(2)11-18(3,12-4-6-13(19)7-5-12)15-9-8-14(20)10-16(15)17;1-2-6-9-8(4-1)5-3-7-10-9/h4-10,19-20H,11H2,1-3H3;1-2,4,6H,3,5,7H2. The van der Waals surface area contributed by atoms with Gasteiger partial charge in [0, 0.05) is 5.41 Å². The summed E-state index contributed by atoms with van der Waals surface area (Å²) < 4.78 is 5.42. The Balaban J connectivity index is 0.000000181. The van der Waals surface area contributed by atoms with Crippen LogP contribution < -0.4 is 4.74 Å². The second-order valence-corrected chi connectivity index (χ2v) is 9.23. The lowest BCUT2D eigenvalue weighted by atomic mass is 9.75. The highest BCUT2D eigenvalue weighted by atomic mass is 16.5. The molecule has 3 aromatic carbocycles. The molecule has 0 spiro atoms. The van der Waals surface area contributed by atoms with E-state index in [0.717, 1.165) is 25.2 Å². The molecule has 0 amide bonds. The van der Waals surface area contributed by atoms with Crippen LogP contribution in [0.15, 0.2) is 66.7 Å². The molecule has 1 aliphatic carbocycles. The van der Waals surface area contributed by atoms with Crippen molar-refractivity contribution in [2.75, 3.05) is 6.61 Å². The summed E-state index contributed by atoms with van der Waals surface area (Å²) >= 11 is 0. The van der Waals surface area contributed by atoms with E-state index in [1.165, 1.54) is 28.7 Å². The quantitative estimate of drug-likeness (QED) is 0.517. The highest BCUT2D eigenvalue weighted by Gasteiger charge is 2.45. The summed E-state index contributed by atoms with van der Waals surface area (Å²) in [6.07, 6.45) is 3.33. The predicted octanol–water partition coefficient (Wildman–Crippen LogP) is 6.10. The molecule has 3 heteroatoms. The van der Waals surface area contributed by atoms with Crippen molar-refractivity contribution in [3.05, 3.63) is 89.0 Å². The molecular weight excluding hydrogens is 372 g/mol. The summed E-state index contributed by atoms with van der Waals surface area (Å²) in [5.41, 5.74) is 4.99. The summed E-state index contributed by atoms with van der Waals surface area (Å²) in [6, 6.07) is 21.4. The Morgan fingerprint density at radius 3 is 2.23 bits per heavy atom. The molecule has 0 saturated carbocycles. The molecule has 1 unspecified atom stereocenters. The molecule has 3 nitrogen and oxygen atoms in total. The van der Waals surface area contributed by atoms with Crippen molar-refractivity contribution in [2.45, 2.75) is 50.9 Å². The van der Waals surface area contributed by atoms with E-state index in [0.29, 0.717) is 11.5 Å². The van der Waals surface area contributed by atoms with Crippen molar-refractivity contribution >= 4 is 0 Å². The zero-order chi connectivity index (χ0) is 21.4.